The number of hydrogen-bond donors (Lipinski definition) is 2. The van der Waals surface area contributed by atoms with Crippen molar-refractivity contribution in [1.82, 2.24) is 5.32 Å². The summed E-state index contributed by atoms with van der Waals surface area (Å²) in [5.41, 5.74) is 7.99. The topological polar surface area (TPSA) is 87.3 Å². The Morgan fingerprint density at radius 2 is 2.38 bits per heavy atom. The Morgan fingerprint density at radius 1 is 1.56 bits per heavy atom. The minimum Gasteiger partial charge on any atom is -0.464 e. The molecule has 1 aromatic carbocycles. The monoisotopic (exact) mass is 214 g/mol. The highest BCUT2D eigenvalue weighted by Crippen LogP contribution is 2.25. The van der Waals surface area contributed by atoms with Crippen molar-refractivity contribution in [3.63, 3.8) is 0 Å². The third kappa shape index (κ3) is 1.81. The molecule has 0 unspecified atom stereocenters. The summed E-state index contributed by atoms with van der Waals surface area (Å²) in [7, 11) is 0. The number of nitrogens with one attached hydrogen (secondary N) is 1. The van der Waals surface area contributed by atoms with Crippen LogP contribution in [0.1, 0.15) is 5.56 Å². The van der Waals surface area contributed by atoms with E-state index in [4.69, 9.17) is 15.4 Å². The first-order valence-corrected chi connectivity index (χ1v) is 4.68. The molecule has 80 valence electrons. The quantitative estimate of drug-likeness (QED) is 0.327. The molecule has 5 nitrogen and oxygen atoms in total. The Bertz CT molecular complexity index is 592. The Hall–Kier alpha value is -2.48. The van der Waals surface area contributed by atoms with E-state index in [0.717, 1.165) is 16.5 Å². The molecule has 16 heavy (non-hydrogen) atoms. The van der Waals surface area contributed by atoms with Gasteiger partial charge in [0.2, 0.25) is 5.96 Å². The fraction of sp³-hybridized carbons (Fsp3) is 0.0909. The van der Waals surface area contributed by atoms with Gasteiger partial charge in [-0.15, -0.1) is 0 Å². The number of nitrogens with zero attached hydrogens (tertiary/aromatic N) is 2. The van der Waals surface area contributed by atoms with Gasteiger partial charge in [-0.3, -0.25) is 5.32 Å². The minimum absolute atomic E-state index is 0.0722. The molecule has 0 aliphatic heterocycles. The summed E-state index contributed by atoms with van der Waals surface area (Å²) in [6.45, 7) is 1.95. The number of fused-ring (bicyclic) bond motifs is 1. The lowest BCUT2D eigenvalue weighted by atomic mass is 10.2. The number of nitriles is 1. The highest BCUT2D eigenvalue weighted by atomic mass is 16.3. The van der Waals surface area contributed by atoms with E-state index in [1.807, 2.05) is 19.1 Å². The van der Waals surface area contributed by atoms with E-state index in [1.54, 1.807) is 18.5 Å². The van der Waals surface area contributed by atoms with Gasteiger partial charge in [-0.05, 0) is 30.7 Å². The fourth-order valence-electron chi connectivity index (χ4n) is 1.44. The van der Waals surface area contributed by atoms with Gasteiger partial charge in [0.15, 0.2) is 6.19 Å². The third-order valence-electron chi connectivity index (χ3n) is 2.18. The second kappa shape index (κ2) is 3.95. The zero-order valence-electron chi connectivity index (χ0n) is 8.69. The Labute approximate surface area is 92.2 Å². The second-order valence-electron chi connectivity index (χ2n) is 3.33. The van der Waals surface area contributed by atoms with Gasteiger partial charge in [0.05, 0.1) is 12.0 Å². The molecule has 0 atom stereocenters. The van der Waals surface area contributed by atoms with Gasteiger partial charge in [-0.25, -0.2) is 4.99 Å². The number of benzene rings is 1. The van der Waals surface area contributed by atoms with Gasteiger partial charge in [-0.1, -0.05) is 0 Å². The molecular formula is C11H10N4O. The molecular weight excluding hydrogens is 204 g/mol. The molecule has 1 heterocycles. The molecule has 0 spiro atoms. The van der Waals surface area contributed by atoms with Crippen molar-refractivity contribution >= 4 is 22.6 Å². The van der Waals surface area contributed by atoms with Crippen LogP contribution in [0.3, 0.4) is 0 Å². The van der Waals surface area contributed by atoms with Crippen molar-refractivity contribution in [3.8, 4) is 6.19 Å². The molecule has 5 heteroatoms. The largest absolute Gasteiger partial charge is 0.464 e. The first kappa shape index (κ1) is 10.1. The van der Waals surface area contributed by atoms with Crippen LogP contribution in [0.25, 0.3) is 11.0 Å². The minimum atomic E-state index is 0.0722. The summed E-state index contributed by atoms with van der Waals surface area (Å²) in [6.07, 6.45) is 3.40. The van der Waals surface area contributed by atoms with E-state index in [0.29, 0.717) is 5.69 Å². The molecule has 3 N–H and O–H groups in total. The van der Waals surface area contributed by atoms with Crippen molar-refractivity contribution < 1.29 is 4.42 Å². The summed E-state index contributed by atoms with van der Waals surface area (Å²) in [5.74, 6) is 0.0722. The normalized spacial score (nSPS) is 11.4. The van der Waals surface area contributed by atoms with E-state index < -0.39 is 0 Å². The van der Waals surface area contributed by atoms with Gasteiger partial charge >= 0.3 is 0 Å². The van der Waals surface area contributed by atoms with E-state index in [-0.39, 0.29) is 5.96 Å². The Morgan fingerprint density at radius 3 is 3.12 bits per heavy atom. The predicted octanol–water partition coefficient (Wildman–Crippen LogP) is 1.76. The van der Waals surface area contributed by atoms with Crippen LogP contribution in [0.5, 0.6) is 0 Å². The summed E-state index contributed by atoms with van der Waals surface area (Å²) in [5, 5.41) is 11.6. The predicted molar refractivity (Wildman–Crippen MR) is 61.0 cm³/mol. The van der Waals surface area contributed by atoms with E-state index in [2.05, 4.69) is 10.3 Å². The Balaban J connectivity index is 2.43. The summed E-state index contributed by atoms with van der Waals surface area (Å²) < 4.78 is 5.31. The second-order valence-corrected chi connectivity index (χ2v) is 3.33. The highest BCUT2D eigenvalue weighted by Gasteiger charge is 2.02. The van der Waals surface area contributed by atoms with Crippen molar-refractivity contribution in [2.24, 2.45) is 10.7 Å². The lowest BCUT2D eigenvalue weighted by Crippen LogP contribution is -2.26. The first-order chi connectivity index (χ1) is 7.70. The SMILES string of the molecule is Cc1coc2ccc(N=C(N)NC#N)cc12. The van der Waals surface area contributed by atoms with Crippen molar-refractivity contribution in [2.75, 3.05) is 0 Å². The van der Waals surface area contributed by atoms with Crippen molar-refractivity contribution in [1.29, 1.82) is 5.26 Å². The molecule has 0 aliphatic carbocycles. The fourth-order valence-corrected chi connectivity index (χ4v) is 1.44. The van der Waals surface area contributed by atoms with Crippen LogP contribution in [0.15, 0.2) is 33.9 Å². The van der Waals surface area contributed by atoms with Gasteiger partial charge in [0.1, 0.15) is 5.58 Å². The molecule has 2 aromatic rings. The molecule has 0 saturated carbocycles. The molecule has 1 aromatic heterocycles. The molecule has 0 bridgehead atoms. The molecule has 0 fully saturated rings. The van der Waals surface area contributed by atoms with Crippen LogP contribution < -0.4 is 11.1 Å². The van der Waals surface area contributed by atoms with E-state index in [9.17, 15) is 0 Å². The van der Waals surface area contributed by atoms with E-state index in [1.165, 1.54) is 0 Å². The van der Waals surface area contributed by atoms with Crippen molar-refractivity contribution in [2.45, 2.75) is 6.92 Å². The molecule has 0 aliphatic rings. The van der Waals surface area contributed by atoms with Gasteiger partial charge in [-0.2, -0.15) is 5.26 Å². The zero-order chi connectivity index (χ0) is 11.5. The number of rotatable bonds is 1. The van der Waals surface area contributed by atoms with Crippen LogP contribution in [-0.4, -0.2) is 5.96 Å². The maximum atomic E-state index is 8.36. The summed E-state index contributed by atoms with van der Waals surface area (Å²) in [6, 6.07) is 5.46. The van der Waals surface area contributed by atoms with Crippen LogP contribution in [0.4, 0.5) is 5.69 Å². The smallest absolute Gasteiger partial charge is 0.207 e. The van der Waals surface area contributed by atoms with Gasteiger partial charge in [0, 0.05) is 5.39 Å². The number of guanidine groups is 1. The molecule has 2 rings (SSSR count). The van der Waals surface area contributed by atoms with Crippen LogP contribution >= 0.6 is 0 Å². The number of furan rings is 1. The number of aliphatic imine (C=N–C) groups is 1. The van der Waals surface area contributed by atoms with Crippen LogP contribution in [-0.2, 0) is 0 Å². The maximum Gasteiger partial charge on any atom is 0.207 e. The van der Waals surface area contributed by atoms with Gasteiger partial charge in [0.25, 0.3) is 0 Å². The standard InChI is InChI=1S/C11H10N4O/c1-7-5-16-10-3-2-8(4-9(7)10)15-11(13)14-6-12/h2-5H,1H3,(H3,13,14,15). The van der Waals surface area contributed by atoms with Gasteiger partial charge < -0.3 is 10.2 Å². The van der Waals surface area contributed by atoms with E-state index >= 15 is 0 Å². The molecule has 0 amide bonds. The maximum absolute atomic E-state index is 8.36. The third-order valence-corrected chi connectivity index (χ3v) is 2.18. The lowest BCUT2D eigenvalue weighted by molar-refractivity contribution is 0.613. The highest BCUT2D eigenvalue weighted by molar-refractivity contribution is 5.87. The number of nitrogens with two attached hydrogens (primary N) is 1. The number of aryl methyl sites for hydroxylation is 1. The number of hydrogen-bond acceptors (Lipinski definition) is 3. The Kier molecular flexibility index (Phi) is 2.48. The lowest BCUT2D eigenvalue weighted by Gasteiger charge is -1.97. The zero-order valence-corrected chi connectivity index (χ0v) is 8.69. The average Bonchev–Trinajstić information content (AvgIpc) is 2.61. The van der Waals surface area contributed by atoms with Crippen LogP contribution in [0.2, 0.25) is 0 Å². The summed E-state index contributed by atoms with van der Waals surface area (Å²) >= 11 is 0. The average molecular weight is 214 g/mol. The van der Waals surface area contributed by atoms with Crippen molar-refractivity contribution in [3.05, 3.63) is 30.0 Å². The molecule has 0 saturated heterocycles. The first-order valence-electron chi connectivity index (χ1n) is 4.68. The summed E-state index contributed by atoms with van der Waals surface area (Å²) in [4.78, 5) is 4.04. The molecule has 0 radical (unpaired) electrons. The van der Waals surface area contributed by atoms with Crippen LogP contribution in [0, 0.1) is 18.4 Å².